The number of carbonyl (C=O) groups excluding carboxylic acids is 2. The summed E-state index contributed by atoms with van der Waals surface area (Å²) in [6.07, 6.45) is 2.10. The minimum atomic E-state index is -0.502. The van der Waals surface area contributed by atoms with E-state index in [2.05, 4.69) is 6.92 Å². The minimum Gasteiger partial charge on any atom is -0.366 e. The van der Waals surface area contributed by atoms with Crippen LogP contribution in [0.3, 0.4) is 0 Å². The van der Waals surface area contributed by atoms with E-state index in [1.165, 1.54) is 11.3 Å². The van der Waals surface area contributed by atoms with Gasteiger partial charge in [-0.25, -0.2) is 0 Å². The zero-order valence-electron chi connectivity index (χ0n) is 11.0. The Morgan fingerprint density at radius 3 is 2.84 bits per heavy atom. The van der Waals surface area contributed by atoms with Crippen LogP contribution in [-0.2, 0) is 0 Å². The predicted octanol–water partition coefficient (Wildman–Crippen LogP) is 1.05. The fraction of sp³-hybridized carbons (Fsp3) is 0.538. The Balaban J connectivity index is 2.19. The number of hydrogen-bond donors (Lipinski definition) is 2. The molecular weight excluding hydrogens is 262 g/mol. The van der Waals surface area contributed by atoms with Gasteiger partial charge in [-0.2, -0.15) is 0 Å². The molecule has 0 radical (unpaired) electrons. The molecule has 2 rings (SSSR count). The molecule has 0 aromatic carbocycles. The number of piperidine rings is 1. The molecule has 2 heterocycles. The molecule has 1 aliphatic heterocycles. The molecule has 1 saturated heterocycles. The zero-order chi connectivity index (χ0) is 14.0. The van der Waals surface area contributed by atoms with Crippen LogP contribution in [0.4, 0.5) is 0 Å². The first-order chi connectivity index (χ1) is 9.04. The van der Waals surface area contributed by atoms with Crippen molar-refractivity contribution in [3.63, 3.8) is 0 Å². The van der Waals surface area contributed by atoms with Crippen molar-refractivity contribution >= 4 is 23.2 Å². The molecule has 6 heteroatoms. The van der Waals surface area contributed by atoms with Crippen LogP contribution in [0.25, 0.3) is 0 Å². The number of likely N-dealkylation sites (tertiary alicyclic amines) is 1. The monoisotopic (exact) mass is 281 g/mol. The highest BCUT2D eigenvalue weighted by Gasteiger charge is 2.31. The molecule has 0 spiro atoms. The second-order valence-corrected chi connectivity index (χ2v) is 5.90. The number of amides is 2. The van der Waals surface area contributed by atoms with E-state index in [-0.39, 0.29) is 11.9 Å². The summed E-state index contributed by atoms with van der Waals surface area (Å²) >= 11 is 1.26. The molecule has 1 aromatic rings. The van der Waals surface area contributed by atoms with Crippen molar-refractivity contribution in [1.82, 2.24) is 4.90 Å². The summed E-state index contributed by atoms with van der Waals surface area (Å²) in [4.78, 5) is 25.9. The number of nitrogens with two attached hydrogens (primary N) is 2. The summed E-state index contributed by atoms with van der Waals surface area (Å²) in [5.41, 5.74) is 11.4. The zero-order valence-corrected chi connectivity index (χ0v) is 11.8. The normalized spacial score (nSPS) is 23.4. The van der Waals surface area contributed by atoms with Crippen LogP contribution in [0, 0.1) is 5.92 Å². The number of hydrogen-bond acceptors (Lipinski definition) is 4. The van der Waals surface area contributed by atoms with Gasteiger partial charge in [-0.05, 0) is 24.8 Å². The molecule has 1 fully saturated rings. The van der Waals surface area contributed by atoms with E-state index in [1.54, 1.807) is 11.4 Å². The molecule has 2 atom stereocenters. The maximum Gasteiger partial charge on any atom is 0.264 e. The molecule has 0 unspecified atom stereocenters. The van der Waals surface area contributed by atoms with Crippen molar-refractivity contribution in [2.75, 3.05) is 13.1 Å². The third-order valence-electron chi connectivity index (χ3n) is 3.71. The molecule has 2 amide bonds. The first-order valence-electron chi connectivity index (χ1n) is 6.44. The number of rotatable bonds is 3. The van der Waals surface area contributed by atoms with Crippen LogP contribution in [0.2, 0.25) is 0 Å². The minimum absolute atomic E-state index is 0.0421. The van der Waals surface area contributed by atoms with Crippen LogP contribution >= 0.6 is 11.3 Å². The Hall–Kier alpha value is -1.40. The van der Waals surface area contributed by atoms with Gasteiger partial charge in [-0.15, -0.1) is 11.3 Å². The molecule has 4 N–H and O–H groups in total. The number of primary amides is 1. The Kier molecular flexibility index (Phi) is 4.21. The molecule has 5 nitrogen and oxygen atoms in total. The van der Waals surface area contributed by atoms with E-state index in [0.29, 0.717) is 22.9 Å². The molecule has 0 aliphatic carbocycles. The van der Waals surface area contributed by atoms with Gasteiger partial charge < -0.3 is 16.4 Å². The van der Waals surface area contributed by atoms with Crippen molar-refractivity contribution < 1.29 is 9.59 Å². The lowest BCUT2D eigenvalue weighted by molar-refractivity contribution is 0.0537. The fourth-order valence-electron chi connectivity index (χ4n) is 2.58. The average molecular weight is 281 g/mol. The van der Waals surface area contributed by atoms with E-state index in [9.17, 15) is 9.59 Å². The maximum absolute atomic E-state index is 12.5. The summed E-state index contributed by atoms with van der Waals surface area (Å²) < 4.78 is 0. The predicted molar refractivity (Wildman–Crippen MR) is 75.1 cm³/mol. The van der Waals surface area contributed by atoms with Crippen molar-refractivity contribution in [1.29, 1.82) is 0 Å². The van der Waals surface area contributed by atoms with Crippen molar-refractivity contribution in [2.45, 2.75) is 25.8 Å². The number of carbonyl (C=O) groups is 2. The topological polar surface area (TPSA) is 89.4 Å². The second kappa shape index (κ2) is 5.71. The van der Waals surface area contributed by atoms with E-state index < -0.39 is 5.91 Å². The third-order valence-corrected chi connectivity index (χ3v) is 4.63. The van der Waals surface area contributed by atoms with Crippen LogP contribution in [-0.4, -0.2) is 35.8 Å². The summed E-state index contributed by atoms with van der Waals surface area (Å²) in [6, 6.07) is 1.66. The summed E-state index contributed by atoms with van der Waals surface area (Å²) in [7, 11) is 0. The van der Waals surface area contributed by atoms with Crippen LogP contribution in [0.5, 0.6) is 0 Å². The smallest absolute Gasteiger partial charge is 0.264 e. The van der Waals surface area contributed by atoms with E-state index in [0.717, 1.165) is 19.4 Å². The average Bonchev–Trinajstić information content (AvgIpc) is 2.87. The highest BCUT2D eigenvalue weighted by Crippen LogP contribution is 2.26. The van der Waals surface area contributed by atoms with Crippen molar-refractivity contribution in [3.05, 3.63) is 21.9 Å². The largest absolute Gasteiger partial charge is 0.366 e. The van der Waals surface area contributed by atoms with Crippen molar-refractivity contribution in [3.8, 4) is 0 Å². The van der Waals surface area contributed by atoms with Crippen molar-refractivity contribution in [2.24, 2.45) is 17.4 Å². The first kappa shape index (κ1) is 14.0. The highest BCUT2D eigenvalue weighted by atomic mass is 32.1. The van der Waals surface area contributed by atoms with Crippen LogP contribution < -0.4 is 11.5 Å². The molecule has 0 saturated carbocycles. The van der Waals surface area contributed by atoms with Gasteiger partial charge in [0.25, 0.3) is 5.91 Å². The Labute approximate surface area is 116 Å². The first-order valence-corrected chi connectivity index (χ1v) is 7.32. The van der Waals surface area contributed by atoms with Crippen LogP contribution in [0.15, 0.2) is 11.4 Å². The van der Waals surface area contributed by atoms with E-state index in [1.807, 2.05) is 4.90 Å². The number of thiophene rings is 1. The Bertz CT molecular complexity index is 486. The van der Waals surface area contributed by atoms with Gasteiger partial charge in [0, 0.05) is 24.5 Å². The van der Waals surface area contributed by atoms with E-state index >= 15 is 0 Å². The molecule has 104 valence electrons. The van der Waals surface area contributed by atoms with Gasteiger partial charge in [-0.3, -0.25) is 9.59 Å². The number of nitrogens with zero attached hydrogens (tertiary/aromatic N) is 1. The summed E-state index contributed by atoms with van der Waals surface area (Å²) in [5.74, 6) is -0.129. The molecule has 19 heavy (non-hydrogen) atoms. The van der Waals surface area contributed by atoms with Gasteiger partial charge in [-0.1, -0.05) is 6.92 Å². The Morgan fingerprint density at radius 2 is 2.26 bits per heavy atom. The Morgan fingerprint density at radius 1 is 1.53 bits per heavy atom. The quantitative estimate of drug-likeness (QED) is 0.867. The van der Waals surface area contributed by atoms with Crippen LogP contribution in [0.1, 0.15) is 39.8 Å². The lowest BCUT2D eigenvalue weighted by atomic mass is 9.90. The van der Waals surface area contributed by atoms with Gasteiger partial charge in [0.1, 0.15) is 0 Å². The summed E-state index contributed by atoms with van der Waals surface area (Å²) in [6.45, 7) is 3.33. The van der Waals surface area contributed by atoms with Gasteiger partial charge in [0.2, 0.25) is 5.91 Å². The van der Waals surface area contributed by atoms with E-state index in [4.69, 9.17) is 11.5 Å². The van der Waals surface area contributed by atoms with Gasteiger partial charge in [0.15, 0.2) is 0 Å². The maximum atomic E-state index is 12.5. The molecule has 0 bridgehead atoms. The summed E-state index contributed by atoms with van der Waals surface area (Å²) in [5, 5.41) is 1.63. The molecule has 1 aromatic heterocycles. The standard InChI is InChI=1S/C13H19N3O2S/c1-8-3-2-4-16(10(8)6-14)13(18)11-5-9(7-19-11)12(15)17/h5,7-8,10H,2-4,6,14H2,1H3,(H2,15,17)/t8-,10+/m0/s1. The second-order valence-electron chi connectivity index (χ2n) is 4.98. The SMILES string of the molecule is C[C@H]1CCCN(C(=O)c2cc(C(N)=O)cs2)[C@@H]1CN. The van der Waals surface area contributed by atoms with Gasteiger partial charge in [0.05, 0.1) is 10.4 Å². The fourth-order valence-corrected chi connectivity index (χ4v) is 3.43. The highest BCUT2D eigenvalue weighted by molar-refractivity contribution is 7.12. The van der Waals surface area contributed by atoms with Gasteiger partial charge >= 0.3 is 0 Å². The lowest BCUT2D eigenvalue weighted by Crippen LogP contribution is -2.51. The lowest BCUT2D eigenvalue weighted by Gasteiger charge is -2.39. The third kappa shape index (κ3) is 2.79. The molecular formula is C13H19N3O2S. The molecule has 1 aliphatic rings.